The van der Waals surface area contributed by atoms with E-state index < -0.39 is 0 Å². The molecule has 1 heterocycles. The van der Waals surface area contributed by atoms with Crippen molar-refractivity contribution < 1.29 is 10.0 Å². The Balaban J connectivity index is 2.56. The van der Waals surface area contributed by atoms with E-state index in [0.717, 1.165) is 25.9 Å². The van der Waals surface area contributed by atoms with Crippen LogP contribution in [0.5, 0.6) is 0 Å². The van der Waals surface area contributed by atoms with E-state index in [-0.39, 0.29) is 11.3 Å². The summed E-state index contributed by atoms with van der Waals surface area (Å²) in [4.78, 5) is 11.1. The highest BCUT2D eigenvalue weighted by atomic mass is 16.5. The molecule has 11 heavy (non-hydrogen) atoms. The minimum atomic E-state index is -0.375. The van der Waals surface area contributed by atoms with Gasteiger partial charge in [0.2, 0.25) is 5.91 Å². The zero-order valence-electron chi connectivity index (χ0n) is 6.68. The highest BCUT2D eigenvalue weighted by Gasteiger charge is 2.34. The first-order valence-corrected chi connectivity index (χ1v) is 3.84. The number of hydrogen-bond acceptors (Lipinski definition) is 3. The van der Waals surface area contributed by atoms with E-state index in [0.29, 0.717) is 0 Å². The fraction of sp³-hybridized carbons (Fsp3) is 0.857. The van der Waals surface area contributed by atoms with Crippen molar-refractivity contribution in [2.75, 3.05) is 13.1 Å². The van der Waals surface area contributed by atoms with Crippen LogP contribution in [0.2, 0.25) is 0 Å². The maximum absolute atomic E-state index is 11.1. The zero-order valence-corrected chi connectivity index (χ0v) is 6.68. The lowest BCUT2D eigenvalue weighted by molar-refractivity contribution is -0.140. The van der Waals surface area contributed by atoms with Crippen LogP contribution in [-0.2, 0) is 4.79 Å². The topological polar surface area (TPSA) is 61.4 Å². The molecular weight excluding hydrogens is 144 g/mol. The van der Waals surface area contributed by atoms with Crippen molar-refractivity contribution in [1.29, 1.82) is 0 Å². The summed E-state index contributed by atoms with van der Waals surface area (Å²) in [7, 11) is 0. The standard InChI is InChI=1S/C7H14N2O2/c1-7(6(10)9-11)2-4-8-5-3-7/h8,11H,2-5H2,1H3,(H,9,10). The van der Waals surface area contributed by atoms with Gasteiger partial charge >= 0.3 is 0 Å². The summed E-state index contributed by atoms with van der Waals surface area (Å²) < 4.78 is 0. The molecule has 0 aromatic rings. The van der Waals surface area contributed by atoms with E-state index in [1.165, 1.54) is 0 Å². The number of nitrogens with one attached hydrogen (secondary N) is 2. The van der Waals surface area contributed by atoms with Gasteiger partial charge in [0, 0.05) is 0 Å². The highest BCUT2D eigenvalue weighted by Crippen LogP contribution is 2.27. The van der Waals surface area contributed by atoms with Crippen LogP contribution in [0, 0.1) is 5.41 Å². The van der Waals surface area contributed by atoms with Crippen LogP contribution in [0.15, 0.2) is 0 Å². The molecule has 4 heteroatoms. The molecule has 1 saturated heterocycles. The van der Waals surface area contributed by atoms with E-state index in [1.54, 1.807) is 5.48 Å². The van der Waals surface area contributed by atoms with E-state index in [4.69, 9.17) is 5.21 Å². The second-order valence-electron chi connectivity index (χ2n) is 3.25. The molecular formula is C7H14N2O2. The summed E-state index contributed by atoms with van der Waals surface area (Å²) in [6.07, 6.45) is 1.58. The third kappa shape index (κ3) is 1.70. The average molecular weight is 158 g/mol. The normalized spacial score (nSPS) is 22.7. The van der Waals surface area contributed by atoms with Gasteiger partial charge in [0.1, 0.15) is 0 Å². The van der Waals surface area contributed by atoms with Crippen LogP contribution in [0.1, 0.15) is 19.8 Å². The van der Waals surface area contributed by atoms with E-state index in [9.17, 15) is 4.79 Å². The first kappa shape index (κ1) is 8.49. The number of rotatable bonds is 1. The van der Waals surface area contributed by atoms with Gasteiger partial charge in [-0.2, -0.15) is 0 Å². The molecule has 64 valence electrons. The predicted molar refractivity (Wildman–Crippen MR) is 40.1 cm³/mol. The number of carbonyl (C=O) groups excluding carboxylic acids is 1. The van der Waals surface area contributed by atoms with Gasteiger partial charge in [0.25, 0.3) is 0 Å². The lowest BCUT2D eigenvalue weighted by atomic mass is 9.80. The second-order valence-corrected chi connectivity index (χ2v) is 3.25. The van der Waals surface area contributed by atoms with E-state index in [1.807, 2.05) is 6.92 Å². The van der Waals surface area contributed by atoms with Crippen molar-refractivity contribution in [2.45, 2.75) is 19.8 Å². The SMILES string of the molecule is CC1(C(=O)NO)CCNCC1. The van der Waals surface area contributed by atoms with Gasteiger partial charge in [-0.05, 0) is 25.9 Å². The number of amides is 1. The summed E-state index contributed by atoms with van der Waals surface area (Å²) in [5.41, 5.74) is 1.33. The third-order valence-electron chi connectivity index (χ3n) is 2.36. The molecule has 0 unspecified atom stereocenters. The second kappa shape index (κ2) is 3.19. The smallest absolute Gasteiger partial charge is 0.249 e. The number of carbonyl (C=O) groups is 1. The highest BCUT2D eigenvalue weighted by molar-refractivity contribution is 5.81. The van der Waals surface area contributed by atoms with E-state index >= 15 is 0 Å². The first-order valence-electron chi connectivity index (χ1n) is 3.84. The Hall–Kier alpha value is -0.610. The lowest BCUT2D eigenvalue weighted by Crippen LogP contribution is -2.44. The Morgan fingerprint density at radius 1 is 1.55 bits per heavy atom. The molecule has 0 aliphatic carbocycles. The summed E-state index contributed by atoms with van der Waals surface area (Å²) >= 11 is 0. The van der Waals surface area contributed by atoms with Crippen LogP contribution in [0.3, 0.4) is 0 Å². The molecule has 0 radical (unpaired) electrons. The Labute approximate surface area is 65.9 Å². The van der Waals surface area contributed by atoms with Gasteiger partial charge in [0.05, 0.1) is 5.41 Å². The Morgan fingerprint density at radius 2 is 2.09 bits per heavy atom. The first-order chi connectivity index (χ1) is 5.19. The van der Waals surface area contributed by atoms with E-state index in [2.05, 4.69) is 5.32 Å². The Morgan fingerprint density at radius 3 is 2.55 bits per heavy atom. The van der Waals surface area contributed by atoms with Gasteiger partial charge in [-0.25, -0.2) is 5.48 Å². The van der Waals surface area contributed by atoms with Crippen molar-refractivity contribution in [2.24, 2.45) is 5.41 Å². The molecule has 0 saturated carbocycles. The molecule has 1 aliphatic rings. The Bertz CT molecular complexity index is 153. The summed E-state index contributed by atoms with van der Waals surface area (Å²) in [6.45, 7) is 3.58. The van der Waals surface area contributed by atoms with Crippen LogP contribution in [0.25, 0.3) is 0 Å². The number of hydroxylamine groups is 1. The van der Waals surface area contributed by atoms with Crippen molar-refractivity contribution in [3.8, 4) is 0 Å². The van der Waals surface area contributed by atoms with Crippen LogP contribution in [0.4, 0.5) is 0 Å². The molecule has 0 atom stereocenters. The van der Waals surface area contributed by atoms with Gasteiger partial charge < -0.3 is 5.32 Å². The molecule has 1 rings (SSSR count). The fourth-order valence-electron chi connectivity index (χ4n) is 1.34. The Kier molecular flexibility index (Phi) is 2.46. The minimum Gasteiger partial charge on any atom is -0.317 e. The maximum atomic E-state index is 11.1. The number of hydrogen-bond donors (Lipinski definition) is 3. The monoisotopic (exact) mass is 158 g/mol. The molecule has 0 spiro atoms. The zero-order chi connectivity index (χ0) is 8.32. The fourth-order valence-corrected chi connectivity index (χ4v) is 1.34. The third-order valence-corrected chi connectivity index (χ3v) is 2.36. The van der Waals surface area contributed by atoms with Crippen molar-refractivity contribution in [3.05, 3.63) is 0 Å². The summed E-state index contributed by atoms with van der Waals surface area (Å²) in [6, 6.07) is 0. The largest absolute Gasteiger partial charge is 0.317 e. The van der Waals surface area contributed by atoms with Crippen molar-refractivity contribution >= 4 is 5.91 Å². The molecule has 0 bridgehead atoms. The number of piperidine rings is 1. The molecule has 0 aromatic carbocycles. The predicted octanol–water partition coefficient (Wildman–Crippen LogP) is -0.119. The van der Waals surface area contributed by atoms with Crippen molar-refractivity contribution in [1.82, 2.24) is 10.8 Å². The average Bonchev–Trinajstić information content (AvgIpc) is 2.04. The molecule has 1 aliphatic heterocycles. The minimum absolute atomic E-state index is 0.265. The maximum Gasteiger partial charge on any atom is 0.249 e. The van der Waals surface area contributed by atoms with Crippen LogP contribution in [-0.4, -0.2) is 24.2 Å². The quantitative estimate of drug-likeness (QED) is 0.368. The molecule has 4 nitrogen and oxygen atoms in total. The van der Waals surface area contributed by atoms with Crippen molar-refractivity contribution in [3.63, 3.8) is 0 Å². The molecule has 3 N–H and O–H groups in total. The van der Waals surface area contributed by atoms with Gasteiger partial charge in [-0.15, -0.1) is 0 Å². The van der Waals surface area contributed by atoms with Gasteiger partial charge in [-0.1, -0.05) is 6.92 Å². The van der Waals surface area contributed by atoms with Crippen LogP contribution < -0.4 is 10.8 Å². The lowest BCUT2D eigenvalue weighted by Gasteiger charge is -2.31. The summed E-state index contributed by atoms with van der Waals surface area (Å²) in [5.74, 6) is -0.265. The molecule has 0 aromatic heterocycles. The van der Waals surface area contributed by atoms with Gasteiger partial charge in [0.15, 0.2) is 0 Å². The molecule has 1 fully saturated rings. The molecule has 1 amide bonds. The van der Waals surface area contributed by atoms with Gasteiger partial charge in [-0.3, -0.25) is 10.0 Å². The van der Waals surface area contributed by atoms with Crippen LogP contribution >= 0.6 is 0 Å². The summed E-state index contributed by atoms with van der Waals surface area (Å²) in [5, 5.41) is 11.6.